The van der Waals surface area contributed by atoms with Crippen molar-refractivity contribution in [2.24, 2.45) is 0 Å². The Balaban J connectivity index is 2.12. The van der Waals surface area contributed by atoms with Crippen LogP contribution in [0.1, 0.15) is 37.3 Å². The summed E-state index contributed by atoms with van der Waals surface area (Å²) in [7, 11) is 0. The van der Waals surface area contributed by atoms with Crippen LogP contribution in [0.5, 0.6) is 0 Å². The molecule has 0 aromatic carbocycles. The third-order valence-electron chi connectivity index (χ3n) is 2.42. The van der Waals surface area contributed by atoms with Gasteiger partial charge in [-0.2, -0.15) is 0 Å². The Hall–Kier alpha value is -0.720. The topological polar surface area (TPSA) is 15.8 Å². The highest BCUT2D eigenvalue weighted by Crippen LogP contribution is 2.32. The lowest BCUT2D eigenvalue weighted by Crippen LogP contribution is -1.90. The molecule has 0 amide bonds. The second kappa shape index (κ2) is 2.49. The molecular weight excluding hydrogens is 122 g/mol. The molecule has 0 aliphatic heterocycles. The highest BCUT2D eigenvalue weighted by atomic mass is 14.7. The SMILES string of the molecule is c1c[nH]c(C2CCCC2)c1. The van der Waals surface area contributed by atoms with Crippen molar-refractivity contribution in [2.45, 2.75) is 31.6 Å². The van der Waals surface area contributed by atoms with Crippen LogP contribution >= 0.6 is 0 Å². The minimum Gasteiger partial charge on any atom is -0.365 e. The van der Waals surface area contributed by atoms with Gasteiger partial charge in [0.1, 0.15) is 0 Å². The minimum absolute atomic E-state index is 0.843. The van der Waals surface area contributed by atoms with E-state index in [0.717, 1.165) is 5.92 Å². The molecule has 2 rings (SSSR count). The monoisotopic (exact) mass is 135 g/mol. The molecule has 1 aliphatic rings. The molecule has 1 aromatic rings. The van der Waals surface area contributed by atoms with E-state index in [2.05, 4.69) is 17.1 Å². The molecule has 1 heteroatoms. The lowest BCUT2D eigenvalue weighted by Gasteiger charge is -2.03. The number of aromatic amines is 1. The average molecular weight is 135 g/mol. The molecule has 0 radical (unpaired) electrons. The zero-order valence-electron chi connectivity index (χ0n) is 6.14. The summed E-state index contributed by atoms with van der Waals surface area (Å²) in [4.78, 5) is 3.28. The molecule has 0 spiro atoms. The standard InChI is InChI=1S/C9H13N/c1-2-5-8(4-1)9-6-3-7-10-9/h3,6-8,10H,1-2,4-5H2. The molecule has 1 heterocycles. The summed E-state index contributed by atoms with van der Waals surface area (Å²) >= 11 is 0. The molecule has 0 bridgehead atoms. The molecule has 1 nitrogen and oxygen atoms in total. The van der Waals surface area contributed by atoms with E-state index in [1.807, 2.05) is 6.20 Å². The van der Waals surface area contributed by atoms with Crippen molar-refractivity contribution >= 4 is 0 Å². The van der Waals surface area contributed by atoms with Gasteiger partial charge in [-0.05, 0) is 30.9 Å². The predicted molar refractivity (Wildman–Crippen MR) is 42.0 cm³/mol. The van der Waals surface area contributed by atoms with Crippen LogP contribution in [-0.4, -0.2) is 4.98 Å². The van der Waals surface area contributed by atoms with Gasteiger partial charge in [-0.15, -0.1) is 0 Å². The molecule has 0 unspecified atom stereocenters. The van der Waals surface area contributed by atoms with Gasteiger partial charge in [-0.1, -0.05) is 12.8 Å². The van der Waals surface area contributed by atoms with Crippen LogP contribution in [0.2, 0.25) is 0 Å². The maximum atomic E-state index is 3.28. The Morgan fingerprint density at radius 3 is 2.70 bits per heavy atom. The predicted octanol–water partition coefficient (Wildman–Crippen LogP) is 2.67. The van der Waals surface area contributed by atoms with E-state index in [4.69, 9.17) is 0 Å². The van der Waals surface area contributed by atoms with E-state index in [1.54, 1.807) is 0 Å². The van der Waals surface area contributed by atoms with Crippen LogP contribution in [0.25, 0.3) is 0 Å². The van der Waals surface area contributed by atoms with E-state index in [1.165, 1.54) is 31.4 Å². The first-order valence-electron chi connectivity index (χ1n) is 4.10. The number of nitrogens with one attached hydrogen (secondary N) is 1. The zero-order valence-corrected chi connectivity index (χ0v) is 6.14. The fourth-order valence-electron chi connectivity index (χ4n) is 1.83. The smallest absolute Gasteiger partial charge is 0.0178 e. The summed E-state index contributed by atoms with van der Waals surface area (Å²) in [6.07, 6.45) is 7.64. The molecule has 1 aromatic heterocycles. The first kappa shape index (κ1) is 6.02. The maximum Gasteiger partial charge on any atom is 0.0178 e. The van der Waals surface area contributed by atoms with Crippen LogP contribution in [0.4, 0.5) is 0 Å². The van der Waals surface area contributed by atoms with Gasteiger partial charge in [0.2, 0.25) is 0 Å². The van der Waals surface area contributed by atoms with Crippen molar-refractivity contribution in [3.8, 4) is 0 Å². The maximum absolute atomic E-state index is 3.28. The van der Waals surface area contributed by atoms with Crippen LogP contribution in [0, 0.1) is 0 Å². The zero-order chi connectivity index (χ0) is 6.81. The van der Waals surface area contributed by atoms with E-state index >= 15 is 0 Å². The summed E-state index contributed by atoms with van der Waals surface area (Å²) < 4.78 is 0. The summed E-state index contributed by atoms with van der Waals surface area (Å²) in [6, 6.07) is 4.30. The average Bonchev–Trinajstić information content (AvgIpc) is 2.59. The Bertz CT molecular complexity index is 183. The molecule has 1 N–H and O–H groups in total. The Labute approximate surface area is 61.5 Å². The van der Waals surface area contributed by atoms with Crippen molar-refractivity contribution in [3.05, 3.63) is 24.0 Å². The van der Waals surface area contributed by atoms with Crippen LogP contribution in [0.15, 0.2) is 18.3 Å². The highest BCUT2D eigenvalue weighted by molar-refractivity contribution is 5.10. The molecule has 1 fully saturated rings. The number of aromatic nitrogens is 1. The highest BCUT2D eigenvalue weighted by Gasteiger charge is 2.16. The van der Waals surface area contributed by atoms with Crippen molar-refractivity contribution in [2.75, 3.05) is 0 Å². The number of H-pyrrole nitrogens is 1. The third-order valence-corrected chi connectivity index (χ3v) is 2.42. The fraction of sp³-hybridized carbons (Fsp3) is 0.556. The molecule has 1 aliphatic carbocycles. The normalized spacial score (nSPS) is 20.0. The minimum atomic E-state index is 0.843. The van der Waals surface area contributed by atoms with Gasteiger partial charge in [-0.3, -0.25) is 0 Å². The third kappa shape index (κ3) is 0.962. The second-order valence-corrected chi connectivity index (χ2v) is 3.11. The van der Waals surface area contributed by atoms with E-state index in [0.29, 0.717) is 0 Å². The first-order chi connectivity index (χ1) is 4.97. The fourth-order valence-corrected chi connectivity index (χ4v) is 1.83. The first-order valence-corrected chi connectivity index (χ1v) is 4.10. The Kier molecular flexibility index (Phi) is 1.50. The van der Waals surface area contributed by atoms with Gasteiger partial charge in [0.15, 0.2) is 0 Å². The Morgan fingerprint density at radius 1 is 1.30 bits per heavy atom. The quantitative estimate of drug-likeness (QED) is 0.609. The summed E-state index contributed by atoms with van der Waals surface area (Å²) in [5.74, 6) is 0.843. The van der Waals surface area contributed by atoms with Gasteiger partial charge < -0.3 is 4.98 Å². The molecule has 0 saturated heterocycles. The molecule has 10 heavy (non-hydrogen) atoms. The van der Waals surface area contributed by atoms with Gasteiger partial charge >= 0.3 is 0 Å². The van der Waals surface area contributed by atoms with Crippen LogP contribution < -0.4 is 0 Å². The lowest BCUT2D eigenvalue weighted by atomic mass is 10.1. The largest absolute Gasteiger partial charge is 0.365 e. The molecular formula is C9H13N. The Morgan fingerprint density at radius 2 is 2.10 bits per heavy atom. The van der Waals surface area contributed by atoms with Gasteiger partial charge in [-0.25, -0.2) is 0 Å². The van der Waals surface area contributed by atoms with E-state index < -0.39 is 0 Å². The number of hydrogen-bond donors (Lipinski definition) is 1. The van der Waals surface area contributed by atoms with Crippen LogP contribution in [-0.2, 0) is 0 Å². The van der Waals surface area contributed by atoms with Gasteiger partial charge in [0.05, 0.1) is 0 Å². The summed E-state index contributed by atoms with van der Waals surface area (Å²) in [5.41, 5.74) is 1.44. The van der Waals surface area contributed by atoms with Crippen molar-refractivity contribution in [1.29, 1.82) is 0 Å². The number of hydrogen-bond acceptors (Lipinski definition) is 0. The van der Waals surface area contributed by atoms with Crippen molar-refractivity contribution in [1.82, 2.24) is 4.98 Å². The molecule has 0 atom stereocenters. The summed E-state index contributed by atoms with van der Waals surface area (Å²) in [6.45, 7) is 0. The van der Waals surface area contributed by atoms with Crippen molar-refractivity contribution < 1.29 is 0 Å². The van der Waals surface area contributed by atoms with Crippen molar-refractivity contribution in [3.63, 3.8) is 0 Å². The van der Waals surface area contributed by atoms with Gasteiger partial charge in [0.25, 0.3) is 0 Å². The van der Waals surface area contributed by atoms with Crippen LogP contribution in [0.3, 0.4) is 0 Å². The van der Waals surface area contributed by atoms with Gasteiger partial charge in [0, 0.05) is 11.9 Å². The van der Waals surface area contributed by atoms with E-state index in [9.17, 15) is 0 Å². The molecule has 1 saturated carbocycles. The van der Waals surface area contributed by atoms with E-state index in [-0.39, 0.29) is 0 Å². The summed E-state index contributed by atoms with van der Waals surface area (Å²) in [5, 5.41) is 0. The molecule has 54 valence electrons. The lowest BCUT2D eigenvalue weighted by molar-refractivity contribution is 0.703. The number of rotatable bonds is 1. The second-order valence-electron chi connectivity index (χ2n) is 3.11.